The summed E-state index contributed by atoms with van der Waals surface area (Å²) in [6, 6.07) is 10.4. The Labute approximate surface area is 147 Å². The highest BCUT2D eigenvalue weighted by atomic mass is 32.2. The fraction of sp³-hybridized carbons (Fsp3) is 0.438. The topological polar surface area (TPSA) is 70.6 Å². The molecule has 1 aromatic carbocycles. The van der Waals surface area contributed by atoms with Crippen molar-refractivity contribution in [1.82, 2.24) is 9.88 Å². The average molecular weight is 367 g/mol. The summed E-state index contributed by atoms with van der Waals surface area (Å²) in [6.45, 7) is 7.99. The van der Waals surface area contributed by atoms with Gasteiger partial charge in [-0.1, -0.05) is 37.3 Å². The minimum atomic E-state index is -3.11. The van der Waals surface area contributed by atoms with E-state index in [-0.39, 0.29) is 0 Å². The first-order valence-electron chi connectivity index (χ1n) is 7.85. The molecule has 130 valence electrons. The summed E-state index contributed by atoms with van der Waals surface area (Å²) in [7, 11) is -3.11. The predicted octanol–water partition coefficient (Wildman–Crippen LogP) is 2.34. The normalized spacial score (nSPS) is 14.8. The summed E-state index contributed by atoms with van der Waals surface area (Å²) in [5.74, 6) is 0. The molecule has 1 aromatic heterocycles. The van der Waals surface area contributed by atoms with Gasteiger partial charge in [-0.2, -0.15) is 0 Å². The van der Waals surface area contributed by atoms with Crippen molar-refractivity contribution in [2.24, 2.45) is 0 Å². The molecule has 2 heterocycles. The van der Waals surface area contributed by atoms with Crippen molar-refractivity contribution in [3.05, 3.63) is 35.7 Å². The molecule has 0 saturated carbocycles. The van der Waals surface area contributed by atoms with Gasteiger partial charge in [0.15, 0.2) is 5.13 Å². The molecular weight excluding hydrogens is 346 g/mol. The predicted molar refractivity (Wildman–Crippen MR) is 96.2 cm³/mol. The second-order valence-electron chi connectivity index (χ2n) is 5.41. The van der Waals surface area contributed by atoms with Crippen LogP contribution in [0.15, 0.2) is 35.7 Å². The lowest BCUT2D eigenvalue weighted by molar-refractivity contribution is 0.258. The van der Waals surface area contributed by atoms with Gasteiger partial charge in [0.2, 0.25) is 0 Å². The van der Waals surface area contributed by atoms with Crippen LogP contribution < -0.4 is 4.90 Å². The van der Waals surface area contributed by atoms with E-state index >= 15 is 0 Å². The van der Waals surface area contributed by atoms with Gasteiger partial charge < -0.3 is 4.90 Å². The number of rotatable bonds is 4. The quantitative estimate of drug-likeness (QED) is 0.826. The Morgan fingerprint density at radius 3 is 2.29 bits per heavy atom. The van der Waals surface area contributed by atoms with Crippen LogP contribution in [0.1, 0.15) is 13.3 Å². The minimum Gasteiger partial charge on any atom is -0.346 e. The Morgan fingerprint density at radius 2 is 1.71 bits per heavy atom. The first-order chi connectivity index (χ1) is 11.6. The molecule has 1 aliphatic rings. The first-order valence-corrected chi connectivity index (χ1v) is 9.73. The van der Waals surface area contributed by atoms with E-state index < -0.39 is 10.6 Å². The third-order valence-corrected chi connectivity index (χ3v) is 4.65. The van der Waals surface area contributed by atoms with Crippen LogP contribution in [0.5, 0.6) is 0 Å². The fourth-order valence-corrected chi connectivity index (χ4v) is 3.52. The lowest BCUT2D eigenvalue weighted by Crippen LogP contribution is -2.46. The molecule has 2 aromatic rings. The number of aromatic nitrogens is 1. The molecule has 0 spiro atoms. The molecule has 24 heavy (non-hydrogen) atoms. The molecule has 0 aliphatic carbocycles. The second-order valence-corrected chi connectivity index (χ2v) is 6.66. The zero-order chi connectivity index (χ0) is 17.4. The number of anilines is 1. The van der Waals surface area contributed by atoms with E-state index in [1.165, 1.54) is 23.7 Å². The third kappa shape index (κ3) is 5.70. The first kappa shape index (κ1) is 18.6. The summed E-state index contributed by atoms with van der Waals surface area (Å²) in [4.78, 5) is 9.76. The van der Waals surface area contributed by atoms with Crippen LogP contribution in [0.4, 0.5) is 5.13 Å². The lowest BCUT2D eigenvalue weighted by atomic mass is 10.2. The number of nitrogens with zero attached hydrogens (tertiary/aromatic N) is 3. The van der Waals surface area contributed by atoms with Gasteiger partial charge in [-0.15, -0.1) is 24.0 Å². The zero-order valence-electron chi connectivity index (χ0n) is 13.6. The van der Waals surface area contributed by atoms with E-state index in [2.05, 4.69) is 46.4 Å². The van der Waals surface area contributed by atoms with Gasteiger partial charge in [0, 0.05) is 37.1 Å². The summed E-state index contributed by atoms with van der Waals surface area (Å²) < 4.78 is 25.3. The Hall–Kier alpha value is -1.77. The smallest absolute Gasteiger partial charge is 0.346 e. The number of hydrogen-bond acceptors (Lipinski definition) is 7. The number of thiazole rings is 1. The molecule has 6 nitrogen and oxygen atoms in total. The van der Waals surface area contributed by atoms with Crippen molar-refractivity contribution < 1.29 is 12.6 Å². The van der Waals surface area contributed by atoms with Crippen LogP contribution in [0.3, 0.4) is 0 Å². The highest BCUT2D eigenvalue weighted by Crippen LogP contribution is 2.27. The molecule has 3 rings (SSSR count). The Morgan fingerprint density at radius 1 is 1.08 bits per heavy atom. The summed E-state index contributed by atoms with van der Waals surface area (Å²) in [5, 5.41) is 3.34. The van der Waals surface area contributed by atoms with Gasteiger partial charge in [-0.25, -0.2) is 4.98 Å². The molecule has 1 saturated heterocycles. The van der Waals surface area contributed by atoms with E-state index in [1.54, 1.807) is 11.3 Å². The van der Waals surface area contributed by atoms with Crippen LogP contribution in [0.25, 0.3) is 11.3 Å². The van der Waals surface area contributed by atoms with Crippen LogP contribution in [-0.4, -0.2) is 55.2 Å². The Kier molecular flexibility index (Phi) is 7.36. The number of piperazine rings is 1. The largest absolute Gasteiger partial charge is 0.425 e. The van der Waals surface area contributed by atoms with Crippen molar-refractivity contribution in [1.29, 1.82) is 0 Å². The molecule has 0 N–H and O–H groups in total. The highest BCUT2D eigenvalue weighted by molar-refractivity contribution is 7.59. The highest BCUT2D eigenvalue weighted by Gasteiger charge is 2.18. The van der Waals surface area contributed by atoms with E-state index in [0.717, 1.165) is 31.9 Å². The molecule has 1 fully saturated rings. The molecule has 1 aliphatic heterocycles. The monoisotopic (exact) mass is 367 g/mol. The third-order valence-electron chi connectivity index (χ3n) is 3.74. The Balaban J connectivity index is 0.000000471. The van der Waals surface area contributed by atoms with Gasteiger partial charge >= 0.3 is 10.6 Å². The zero-order valence-corrected chi connectivity index (χ0v) is 15.2. The molecular formula is C16H21N3O3S2. The number of hydrogen-bond donors (Lipinski definition) is 0. The SMILES string of the molecule is CCCN1CCN(c2nc(-c3ccccc3)cs2)CC1.O=S(=O)=O. The van der Waals surface area contributed by atoms with Crippen LogP contribution in [0, 0.1) is 0 Å². The second kappa shape index (κ2) is 9.51. The van der Waals surface area contributed by atoms with Gasteiger partial charge in [0.25, 0.3) is 0 Å². The summed E-state index contributed by atoms with van der Waals surface area (Å²) in [6.07, 6.45) is 1.25. The van der Waals surface area contributed by atoms with Crippen LogP contribution in [0.2, 0.25) is 0 Å². The van der Waals surface area contributed by atoms with E-state index in [1.807, 2.05) is 6.07 Å². The maximum absolute atomic E-state index is 8.44. The van der Waals surface area contributed by atoms with Gasteiger partial charge in [-0.3, -0.25) is 4.90 Å². The minimum absolute atomic E-state index is 1.10. The number of benzene rings is 1. The van der Waals surface area contributed by atoms with Crippen LogP contribution in [-0.2, 0) is 10.6 Å². The summed E-state index contributed by atoms with van der Waals surface area (Å²) >= 11 is 1.76. The van der Waals surface area contributed by atoms with Gasteiger partial charge in [-0.05, 0) is 13.0 Å². The maximum Gasteiger partial charge on any atom is 0.425 e. The molecule has 0 amide bonds. The van der Waals surface area contributed by atoms with Crippen molar-refractivity contribution in [3.8, 4) is 11.3 Å². The molecule has 0 atom stereocenters. The Bertz CT molecular complexity index is 717. The molecule has 8 heteroatoms. The van der Waals surface area contributed by atoms with Crippen molar-refractivity contribution in [2.45, 2.75) is 13.3 Å². The van der Waals surface area contributed by atoms with Crippen LogP contribution >= 0.6 is 11.3 Å². The standard InChI is InChI=1S/C16H21N3S.O3S/c1-2-8-18-9-11-19(12-10-18)16-17-15(13-20-16)14-6-4-3-5-7-14;1-4(2)3/h3-7,13H,2,8-12H2,1H3;. The van der Waals surface area contributed by atoms with Gasteiger partial charge in [0.05, 0.1) is 5.69 Å². The van der Waals surface area contributed by atoms with E-state index in [4.69, 9.17) is 17.6 Å². The van der Waals surface area contributed by atoms with Crippen molar-refractivity contribution in [3.63, 3.8) is 0 Å². The summed E-state index contributed by atoms with van der Waals surface area (Å²) in [5.41, 5.74) is 2.31. The van der Waals surface area contributed by atoms with Crippen molar-refractivity contribution >= 4 is 27.1 Å². The van der Waals surface area contributed by atoms with E-state index in [0.29, 0.717) is 0 Å². The van der Waals surface area contributed by atoms with E-state index in [9.17, 15) is 0 Å². The maximum atomic E-state index is 8.44. The lowest BCUT2D eigenvalue weighted by Gasteiger charge is -2.34. The molecule has 0 unspecified atom stereocenters. The van der Waals surface area contributed by atoms with Crippen molar-refractivity contribution in [2.75, 3.05) is 37.6 Å². The average Bonchev–Trinajstić information content (AvgIpc) is 3.06. The molecule has 0 radical (unpaired) electrons. The molecule has 0 bridgehead atoms. The van der Waals surface area contributed by atoms with Gasteiger partial charge in [0.1, 0.15) is 0 Å². The fourth-order valence-electron chi connectivity index (χ4n) is 2.63.